The van der Waals surface area contributed by atoms with Crippen molar-refractivity contribution >= 4 is 5.71 Å². The fourth-order valence-corrected chi connectivity index (χ4v) is 1.48. The normalized spacial score (nSPS) is 17.0. The maximum atomic E-state index is 13.3. The molecule has 0 bridgehead atoms. The van der Waals surface area contributed by atoms with Crippen molar-refractivity contribution in [1.82, 2.24) is 0 Å². The second-order valence-corrected chi connectivity index (χ2v) is 4.88. The van der Waals surface area contributed by atoms with Crippen molar-refractivity contribution in [3.05, 3.63) is 0 Å². The summed E-state index contributed by atoms with van der Waals surface area (Å²) in [5, 5.41) is -0.299. The molecule has 0 aromatic carbocycles. The lowest BCUT2D eigenvalue weighted by Gasteiger charge is -2.40. The number of alkyl halides is 18. The predicted octanol–water partition coefficient (Wildman–Crippen LogP) is 6.25. The maximum absolute atomic E-state index is 13.3. The fourth-order valence-electron chi connectivity index (χ4n) is 1.48. The van der Waals surface area contributed by atoms with Gasteiger partial charge in [0.25, 0.3) is 0 Å². The van der Waals surface area contributed by atoms with Gasteiger partial charge in [0, 0.05) is 0 Å². The Bertz CT molecular complexity index is 616. The molecule has 1 nitrogen and oxygen atoms in total. The van der Waals surface area contributed by atoms with Crippen LogP contribution in [-0.4, -0.2) is 53.6 Å². The van der Waals surface area contributed by atoms with E-state index in [1.807, 2.05) is 0 Å². The summed E-state index contributed by atoms with van der Waals surface area (Å²) < 4.78 is 238. The summed E-state index contributed by atoms with van der Waals surface area (Å²) in [4.78, 5) is 0. The molecule has 0 aromatic heterocycles. The Hall–Kier alpha value is -1.66. The van der Waals surface area contributed by atoms with Crippen LogP contribution in [0.15, 0.2) is 5.21 Å². The molecule has 0 unspecified atom stereocenters. The molecule has 0 aliphatic carbocycles. The highest BCUT2D eigenvalue weighted by Crippen LogP contribution is 2.60. The highest BCUT2D eigenvalue weighted by atomic mass is 19.4. The van der Waals surface area contributed by atoms with E-state index in [-0.39, 0.29) is 5.21 Å². The Morgan fingerprint density at radius 1 is 0.414 bits per heavy atom. The third kappa shape index (κ3) is 3.55. The molecule has 20 heteroatoms. The van der Waals surface area contributed by atoms with Crippen LogP contribution < -0.4 is 0 Å². The SMILES string of the molecule is F/N=C(/C(F)(F)C(F)(F)C(F)(F)C(F)(F)C(F)(F)F)C(F)(C(F)(F)F)C(F)(F)F. The van der Waals surface area contributed by atoms with Crippen molar-refractivity contribution < 1.29 is 83.5 Å². The van der Waals surface area contributed by atoms with E-state index in [4.69, 9.17) is 0 Å². The first kappa shape index (κ1) is 27.3. The van der Waals surface area contributed by atoms with Crippen LogP contribution in [0.4, 0.5) is 83.5 Å². The molecular formula is C9F19N. The molecule has 0 fully saturated rings. The number of rotatable bonds is 5. The Labute approximate surface area is 144 Å². The molecule has 174 valence electrons. The summed E-state index contributed by atoms with van der Waals surface area (Å²) in [5.41, 5.74) is -13.5. The van der Waals surface area contributed by atoms with Crippen LogP contribution >= 0.6 is 0 Å². The van der Waals surface area contributed by atoms with E-state index in [2.05, 4.69) is 0 Å². The van der Waals surface area contributed by atoms with E-state index in [1.54, 1.807) is 0 Å². The van der Waals surface area contributed by atoms with Crippen molar-refractivity contribution in [2.24, 2.45) is 5.21 Å². The Balaban J connectivity index is 7.03. The first-order valence-electron chi connectivity index (χ1n) is 5.79. The summed E-state index contributed by atoms with van der Waals surface area (Å²) in [5.74, 6) is -33.7. The minimum absolute atomic E-state index is 0.299. The average molecular weight is 483 g/mol. The van der Waals surface area contributed by atoms with Gasteiger partial charge in [-0.25, -0.2) is 4.39 Å². The lowest BCUT2D eigenvalue weighted by molar-refractivity contribution is -0.416. The molecule has 0 spiro atoms. The van der Waals surface area contributed by atoms with Crippen LogP contribution in [0.2, 0.25) is 0 Å². The molecule has 0 aliphatic heterocycles. The minimum Gasteiger partial charge on any atom is -0.216 e. The van der Waals surface area contributed by atoms with Crippen LogP contribution in [0.25, 0.3) is 0 Å². The van der Waals surface area contributed by atoms with Crippen LogP contribution in [0.3, 0.4) is 0 Å². The van der Waals surface area contributed by atoms with E-state index >= 15 is 0 Å². The molecule has 0 rings (SSSR count). The molecule has 0 N–H and O–H groups in total. The van der Waals surface area contributed by atoms with Gasteiger partial charge in [-0.2, -0.15) is 74.6 Å². The third-order valence-corrected chi connectivity index (χ3v) is 3.03. The second kappa shape index (κ2) is 6.67. The zero-order valence-corrected chi connectivity index (χ0v) is 12.1. The van der Waals surface area contributed by atoms with Crippen LogP contribution in [0, 0.1) is 0 Å². The molecule has 0 saturated heterocycles. The molecule has 0 radical (unpaired) electrons. The molecule has 0 atom stereocenters. The monoisotopic (exact) mass is 483 g/mol. The molecule has 0 aliphatic rings. The molecule has 0 aromatic rings. The standard InChI is InChI=1S/C9F19N/c10-2(7(19,20)21,8(22,23)24)1(29-28)3(11,12)4(13,14)5(15,16)6(17,18)9(25,26)27/b29-1+. The van der Waals surface area contributed by atoms with Gasteiger partial charge in [-0.05, 0) is 0 Å². The van der Waals surface area contributed by atoms with E-state index in [1.165, 1.54) is 0 Å². The van der Waals surface area contributed by atoms with Gasteiger partial charge in [-0.3, -0.25) is 0 Å². The maximum Gasteiger partial charge on any atom is 0.460 e. The van der Waals surface area contributed by atoms with Crippen LogP contribution in [0.5, 0.6) is 0 Å². The molecule has 29 heavy (non-hydrogen) atoms. The summed E-state index contributed by atoms with van der Waals surface area (Å²) in [6, 6.07) is 0. The lowest BCUT2D eigenvalue weighted by Crippen LogP contribution is -2.72. The molecular weight excluding hydrogens is 483 g/mol. The topological polar surface area (TPSA) is 12.4 Å². The summed E-state index contributed by atoms with van der Waals surface area (Å²) in [7, 11) is 0. The van der Waals surface area contributed by atoms with E-state index in [0.717, 1.165) is 0 Å². The van der Waals surface area contributed by atoms with Crippen LogP contribution in [-0.2, 0) is 0 Å². The van der Waals surface area contributed by atoms with Gasteiger partial charge in [0.1, 0.15) is 0 Å². The Morgan fingerprint density at radius 2 is 0.724 bits per heavy atom. The highest BCUT2D eigenvalue weighted by Gasteiger charge is 2.91. The van der Waals surface area contributed by atoms with Crippen molar-refractivity contribution in [2.45, 2.75) is 47.9 Å². The lowest BCUT2D eigenvalue weighted by atomic mass is 9.86. The van der Waals surface area contributed by atoms with Crippen LogP contribution in [0.1, 0.15) is 0 Å². The number of halogens is 19. The minimum atomic E-state index is -8.60. The van der Waals surface area contributed by atoms with Gasteiger partial charge in [0.2, 0.25) is 0 Å². The average Bonchev–Trinajstić information content (AvgIpc) is 2.43. The summed E-state index contributed by atoms with van der Waals surface area (Å²) in [6.45, 7) is 0. The van der Waals surface area contributed by atoms with Crippen molar-refractivity contribution in [2.75, 3.05) is 0 Å². The summed E-state index contributed by atoms with van der Waals surface area (Å²) >= 11 is 0. The van der Waals surface area contributed by atoms with Gasteiger partial charge in [-0.15, -0.1) is 0 Å². The summed E-state index contributed by atoms with van der Waals surface area (Å²) in [6.07, 6.45) is -23.6. The van der Waals surface area contributed by atoms with E-state index in [0.29, 0.717) is 0 Å². The zero-order valence-electron chi connectivity index (χ0n) is 12.1. The van der Waals surface area contributed by atoms with Crippen molar-refractivity contribution in [1.29, 1.82) is 0 Å². The largest absolute Gasteiger partial charge is 0.460 e. The van der Waals surface area contributed by atoms with Gasteiger partial charge >= 0.3 is 47.9 Å². The van der Waals surface area contributed by atoms with Gasteiger partial charge in [0.05, 0.1) is 0 Å². The molecule has 0 saturated carbocycles. The number of hydrogen-bond donors (Lipinski definition) is 0. The Morgan fingerprint density at radius 3 is 0.931 bits per heavy atom. The fraction of sp³-hybridized carbons (Fsp3) is 0.889. The third-order valence-electron chi connectivity index (χ3n) is 3.03. The van der Waals surface area contributed by atoms with Gasteiger partial charge in [0.15, 0.2) is 5.71 Å². The second-order valence-electron chi connectivity index (χ2n) is 4.88. The van der Waals surface area contributed by atoms with E-state index in [9.17, 15) is 83.5 Å². The highest BCUT2D eigenvalue weighted by molar-refractivity contribution is 6.00. The molecule has 0 amide bonds. The number of hydrogen-bond acceptors (Lipinski definition) is 1. The van der Waals surface area contributed by atoms with Crippen molar-refractivity contribution in [3.8, 4) is 0 Å². The smallest absolute Gasteiger partial charge is 0.216 e. The van der Waals surface area contributed by atoms with Gasteiger partial charge < -0.3 is 0 Å². The zero-order chi connectivity index (χ0) is 24.3. The number of nitrogens with zero attached hydrogens (tertiary/aromatic N) is 1. The first-order chi connectivity index (χ1) is 12.2. The molecule has 0 heterocycles. The quantitative estimate of drug-likeness (QED) is 0.324. The van der Waals surface area contributed by atoms with Gasteiger partial charge in [-0.1, -0.05) is 9.70 Å². The van der Waals surface area contributed by atoms with E-state index < -0.39 is 53.6 Å². The Kier molecular flexibility index (Phi) is 6.29. The predicted molar refractivity (Wildman–Crippen MR) is 50.3 cm³/mol. The first-order valence-corrected chi connectivity index (χ1v) is 5.79. The van der Waals surface area contributed by atoms with Crippen molar-refractivity contribution in [3.63, 3.8) is 0 Å².